The van der Waals surface area contributed by atoms with Crippen LogP contribution < -0.4 is 0 Å². The Labute approximate surface area is 85.3 Å². The van der Waals surface area contributed by atoms with Crippen molar-refractivity contribution in [2.75, 3.05) is 13.1 Å². The minimum Gasteiger partial charge on any atom is -0.375 e. The summed E-state index contributed by atoms with van der Waals surface area (Å²) in [6.07, 6.45) is 6.57. The van der Waals surface area contributed by atoms with Crippen molar-refractivity contribution >= 4 is 0 Å². The van der Waals surface area contributed by atoms with Crippen molar-refractivity contribution in [2.45, 2.75) is 50.2 Å². The Morgan fingerprint density at radius 2 is 1.79 bits per heavy atom. The summed E-state index contributed by atoms with van der Waals surface area (Å²) in [7, 11) is 0. The van der Waals surface area contributed by atoms with Crippen molar-refractivity contribution in [3.63, 3.8) is 0 Å². The second-order valence-electron chi connectivity index (χ2n) is 4.62. The molecule has 1 N–H and O–H groups in total. The molecule has 0 spiro atoms. The quantitative estimate of drug-likeness (QED) is 0.640. The van der Waals surface area contributed by atoms with E-state index in [0.29, 0.717) is 12.8 Å². The lowest BCUT2D eigenvalue weighted by Crippen LogP contribution is -2.46. The number of rotatable bonds is 1. The summed E-state index contributed by atoms with van der Waals surface area (Å²) in [6, 6.07) is 2.75. The van der Waals surface area contributed by atoms with Crippen molar-refractivity contribution < 1.29 is 5.11 Å². The number of likely N-dealkylation sites (tertiary alicyclic amines) is 1. The summed E-state index contributed by atoms with van der Waals surface area (Å²) in [4.78, 5) is 2.46. The molecule has 0 amide bonds. The van der Waals surface area contributed by atoms with Crippen LogP contribution in [0.1, 0.15) is 38.5 Å². The van der Waals surface area contributed by atoms with Gasteiger partial charge in [-0.15, -0.1) is 0 Å². The Hall–Kier alpha value is -0.590. The van der Waals surface area contributed by atoms with E-state index < -0.39 is 5.60 Å². The van der Waals surface area contributed by atoms with Gasteiger partial charge >= 0.3 is 0 Å². The van der Waals surface area contributed by atoms with E-state index in [1.165, 1.54) is 25.7 Å². The van der Waals surface area contributed by atoms with E-state index in [0.717, 1.165) is 19.1 Å². The molecule has 1 saturated heterocycles. The average molecular weight is 194 g/mol. The molecule has 2 fully saturated rings. The summed E-state index contributed by atoms with van der Waals surface area (Å²) < 4.78 is 0. The molecule has 0 unspecified atom stereocenters. The number of hydrogen-bond donors (Lipinski definition) is 1. The van der Waals surface area contributed by atoms with Crippen molar-refractivity contribution in [2.24, 2.45) is 0 Å². The molecule has 78 valence electrons. The summed E-state index contributed by atoms with van der Waals surface area (Å²) in [5.74, 6) is 0. The van der Waals surface area contributed by atoms with Crippen molar-refractivity contribution in [1.82, 2.24) is 4.90 Å². The second-order valence-corrected chi connectivity index (χ2v) is 4.62. The number of nitriles is 1. The Morgan fingerprint density at radius 3 is 2.29 bits per heavy atom. The molecule has 2 aliphatic rings. The molecule has 0 atom stereocenters. The average Bonchev–Trinajstić information content (AvgIpc) is 2.72. The monoisotopic (exact) mass is 194 g/mol. The lowest BCUT2D eigenvalue weighted by Gasteiger charge is -2.37. The SMILES string of the molecule is N#CC1(O)CCN(C2CCCC2)CC1. The van der Waals surface area contributed by atoms with Gasteiger partial charge in [0, 0.05) is 32.0 Å². The smallest absolute Gasteiger partial charge is 0.153 e. The maximum atomic E-state index is 9.75. The van der Waals surface area contributed by atoms with Crippen LogP contribution in [0.2, 0.25) is 0 Å². The van der Waals surface area contributed by atoms with E-state index in [1.807, 2.05) is 6.07 Å². The standard InChI is InChI=1S/C11H18N2O/c12-9-11(14)5-7-13(8-6-11)10-3-1-2-4-10/h10,14H,1-8H2. The molecule has 14 heavy (non-hydrogen) atoms. The van der Waals surface area contributed by atoms with Crippen LogP contribution >= 0.6 is 0 Å². The number of hydrogen-bond acceptors (Lipinski definition) is 3. The van der Waals surface area contributed by atoms with Gasteiger partial charge in [0.15, 0.2) is 5.60 Å². The Morgan fingerprint density at radius 1 is 1.21 bits per heavy atom. The first-order valence-corrected chi connectivity index (χ1v) is 5.61. The third kappa shape index (κ3) is 1.92. The van der Waals surface area contributed by atoms with E-state index in [1.54, 1.807) is 0 Å². The molecule has 1 aliphatic heterocycles. The third-order valence-corrected chi connectivity index (χ3v) is 3.67. The highest BCUT2D eigenvalue weighted by atomic mass is 16.3. The van der Waals surface area contributed by atoms with E-state index >= 15 is 0 Å². The first-order valence-electron chi connectivity index (χ1n) is 5.61. The Bertz CT molecular complexity index is 232. The molecule has 0 aromatic rings. The fourth-order valence-corrected chi connectivity index (χ4v) is 2.64. The van der Waals surface area contributed by atoms with E-state index in [9.17, 15) is 5.11 Å². The van der Waals surface area contributed by atoms with Gasteiger partial charge in [0.25, 0.3) is 0 Å². The molecular weight excluding hydrogens is 176 g/mol. The zero-order chi connectivity index (χ0) is 10.0. The first-order chi connectivity index (χ1) is 6.73. The molecule has 0 aromatic heterocycles. The zero-order valence-corrected chi connectivity index (χ0v) is 8.58. The fourth-order valence-electron chi connectivity index (χ4n) is 2.64. The van der Waals surface area contributed by atoms with Crippen LogP contribution in [-0.4, -0.2) is 34.7 Å². The maximum absolute atomic E-state index is 9.75. The van der Waals surface area contributed by atoms with Gasteiger partial charge in [0.2, 0.25) is 0 Å². The molecule has 3 heteroatoms. The van der Waals surface area contributed by atoms with Gasteiger partial charge in [-0.3, -0.25) is 0 Å². The van der Waals surface area contributed by atoms with Crippen LogP contribution in [0.3, 0.4) is 0 Å². The first kappa shape index (κ1) is 9.95. The van der Waals surface area contributed by atoms with Crippen LogP contribution in [-0.2, 0) is 0 Å². The van der Waals surface area contributed by atoms with E-state index in [-0.39, 0.29) is 0 Å². The van der Waals surface area contributed by atoms with Gasteiger partial charge in [0.05, 0.1) is 6.07 Å². The number of nitrogens with zero attached hydrogens (tertiary/aromatic N) is 2. The lowest BCUT2D eigenvalue weighted by atomic mass is 9.92. The van der Waals surface area contributed by atoms with Crippen LogP contribution in [0, 0.1) is 11.3 Å². The lowest BCUT2D eigenvalue weighted by molar-refractivity contribution is 0.0122. The topological polar surface area (TPSA) is 47.3 Å². The summed E-state index contributed by atoms with van der Waals surface area (Å²) >= 11 is 0. The predicted octanol–water partition coefficient (Wildman–Crippen LogP) is 1.28. The van der Waals surface area contributed by atoms with Gasteiger partial charge in [-0.05, 0) is 12.8 Å². The number of piperidine rings is 1. The molecule has 1 heterocycles. The van der Waals surface area contributed by atoms with Crippen molar-refractivity contribution in [3.8, 4) is 6.07 Å². The van der Waals surface area contributed by atoms with Crippen LogP contribution in [0.25, 0.3) is 0 Å². The third-order valence-electron chi connectivity index (χ3n) is 3.67. The van der Waals surface area contributed by atoms with Gasteiger partial charge in [-0.1, -0.05) is 12.8 Å². The highest BCUT2D eigenvalue weighted by molar-refractivity contribution is 5.03. The second kappa shape index (κ2) is 3.88. The van der Waals surface area contributed by atoms with Gasteiger partial charge in [0.1, 0.15) is 0 Å². The van der Waals surface area contributed by atoms with Crippen LogP contribution in [0.5, 0.6) is 0 Å². The molecule has 0 bridgehead atoms. The molecule has 0 aromatic carbocycles. The molecule has 2 rings (SSSR count). The van der Waals surface area contributed by atoms with Gasteiger partial charge in [-0.2, -0.15) is 5.26 Å². The largest absolute Gasteiger partial charge is 0.375 e. The maximum Gasteiger partial charge on any atom is 0.153 e. The molecule has 3 nitrogen and oxygen atoms in total. The molecule has 1 saturated carbocycles. The van der Waals surface area contributed by atoms with Gasteiger partial charge in [-0.25, -0.2) is 0 Å². The Kier molecular flexibility index (Phi) is 2.76. The summed E-state index contributed by atoms with van der Waals surface area (Å²) in [5, 5.41) is 18.5. The van der Waals surface area contributed by atoms with Crippen molar-refractivity contribution in [1.29, 1.82) is 5.26 Å². The fraction of sp³-hybridized carbons (Fsp3) is 0.909. The van der Waals surface area contributed by atoms with E-state index in [4.69, 9.17) is 5.26 Å². The molecule has 1 aliphatic carbocycles. The zero-order valence-electron chi connectivity index (χ0n) is 8.58. The predicted molar refractivity (Wildman–Crippen MR) is 53.6 cm³/mol. The Balaban J connectivity index is 1.87. The minimum absolute atomic E-state index is 0.625. The van der Waals surface area contributed by atoms with Crippen LogP contribution in [0.15, 0.2) is 0 Å². The van der Waals surface area contributed by atoms with Crippen molar-refractivity contribution in [3.05, 3.63) is 0 Å². The van der Waals surface area contributed by atoms with Gasteiger partial charge < -0.3 is 10.0 Å². The van der Waals surface area contributed by atoms with Crippen LogP contribution in [0.4, 0.5) is 0 Å². The van der Waals surface area contributed by atoms with E-state index in [2.05, 4.69) is 4.90 Å². The highest BCUT2D eigenvalue weighted by Gasteiger charge is 2.35. The highest BCUT2D eigenvalue weighted by Crippen LogP contribution is 2.29. The summed E-state index contributed by atoms with van der Waals surface area (Å²) in [6.45, 7) is 1.80. The molecular formula is C11H18N2O. The molecule has 0 radical (unpaired) electrons. The normalized spacial score (nSPS) is 28.9. The summed E-state index contributed by atoms with van der Waals surface area (Å²) in [5.41, 5.74) is -1.03. The number of aliphatic hydroxyl groups is 1. The minimum atomic E-state index is -1.03.